The van der Waals surface area contributed by atoms with E-state index in [4.69, 9.17) is 37.7 Å². The van der Waals surface area contributed by atoms with Crippen molar-refractivity contribution in [2.24, 2.45) is 0 Å². The first-order valence-corrected chi connectivity index (χ1v) is 12.3. The van der Waals surface area contributed by atoms with Crippen LogP contribution in [0.1, 0.15) is 25.5 Å². The lowest BCUT2D eigenvalue weighted by Gasteiger charge is -2.19. The predicted octanol–water partition coefficient (Wildman–Crippen LogP) is 5.80. The van der Waals surface area contributed by atoms with Crippen molar-refractivity contribution in [2.45, 2.75) is 32.2 Å². The minimum atomic E-state index is -1.41. The Morgan fingerprint density at radius 1 is 0.912 bits per heavy atom. The second kappa shape index (κ2) is 11.4. The first-order valence-electron chi connectivity index (χ1n) is 11.5. The molecule has 0 amide bonds. The van der Waals surface area contributed by atoms with E-state index in [0.29, 0.717) is 16.5 Å². The average Bonchev–Trinajstić information content (AvgIpc) is 3.43. The number of hydrogen-bond acceptors (Lipinski definition) is 4. The van der Waals surface area contributed by atoms with E-state index in [1.165, 1.54) is 35.9 Å². The highest BCUT2D eigenvalue weighted by Crippen LogP contribution is 2.28. The summed E-state index contributed by atoms with van der Waals surface area (Å²) in [6.45, 7) is 4.64. The molecule has 0 bridgehead atoms. The molecule has 0 saturated carbocycles. The van der Waals surface area contributed by atoms with Crippen molar-refractivity contribution in [3.63, 3.8) is 0 Å². The highest BCUT2D eigenvalue weighted by molar-refractivity contribution is 6.58. The fraction of sp³-hybridized carbons (Fsp3) is 0.259. The van der Waals surface area contributed by atoms with Crippen LogP contribution >= 0.6 is 23.2 Å². The second-order valence-corrected chi connectivity index (χ2v) is 9.55. The van der Waals surface area contributed by atoms with Crippen LogP contribution in [0.5, 0.6) is 0 Å². The van der Waals surface area contributed by atoms with Crippen LogP contribution in [0.2, 0.25) is 10.0 Å². The Bertz CT molecular complexity index is 1210. The summed E-state index contributed by atoms with van der Waals surface area (Å²) in [6, 6.07) is 23.6. The van der Waals surface area contributed by atoms with Gasteiger partial charge in [0.25, 0.3) is 0 Å². The number of rotatable bonds is 5. The Kier molecular flexibility index (Phi) is 8.35. The fourth-order valence-electron chi connectivity index (χ4n) is 4.26. The molecule has 1 unspecified atom stereocenters. The SMILES string of the molecule is CC1CCCN1CCc1cc2cc(-c3ccc(Cl)cc3)ccc2o1.OB(O)c1ccc(Cl)cc1. The summed E-state index contributed by atoms with van der Waals surface area (Å²) in [4.78, 5) is 2.56. The quantitative estimate of drug-likeness (QED) is 0.343. The first kappa shape index (κ1) is 24.8. The number of likely N-dealkylation sites (tertiary alicyclic amines) is 1. The predicted molar refractivity (Wildman–Crippen MR) is 142 cm³/mol. The highest BCUT2D eigenvalue weighted by Gasteiger charge is 2.20. The normalized spacial score (nSPS) is 15.9. The Hall–Kier alpha value is -2.28. The van der Waals surface area contributed by atoms with E-state index in [1.54, 1.807) is 24.3 Å². The lowest BCUT2D eigenvalue weighted by Crippen LogP contribution is -2.29. The molecule has 0 aliphatic carbocycles. The van der Waals surface area contributed by atoms with Crippen molar-refractivity contribution in [2.75, 3.05) is 13.1 Å². The molecule has 34 heavy (non-hydrogen) atoms. The fourth-order valence-corrected chi connectivity index (χ4v) is 4.51. The molecule has 1 saturated heterocycles. The average molecular weight is 496 g/mol. The zero-order chi connectivity index (χ0) is 24.1. The molecule has 7 heteroatoms. The maximum absolute atomic E-state index is 8.63. The molecule has 1 aromatic heterocycles. The van der Waals surface area contributed by atoms with Crippen LogP contribution in [0.15, 0.2) is 77.2 Å². The van der Waals surface area contributed by atoms with Crippen molar-refractivity contribution in [3.8, 4) is 11.1 Å². The second-order valence-electron chi connectivity index (χ2n) is 8.67. The van der Waals surface area contributed by atoms with Crippen LogP contribution in [-0.2, 0) is 6.42 Å². The van der Waals surface area contributed by atoms with Gasteiger partial charge >= 0.3 is 7.12 Å². The number of fused-ring (bicyclic) bond motifs is 1. The maximum atomic E-state index is 8.63. The van der Waals surface area contributed by atoms with E-state index in [0.717, 1.165) is 29.3 Å². The summed E-state index contributed by atoms with van der Waals surface area (Å²) in [5, 5.41) is 19.8. The van der Waals surface area contributed by atoms with E-state index in [9.17, 15) is 0 Å². The standard InChI is InChI=1S/C21H22ClNO.C6H6BClO2/c1-15-3-2-11-23(15)12-10-20-14-18-13-17(6-9-21(18)24-20)16-4-7-19(22)8-5-16;8-6-3-1-5(2-4-6)7(9)10/h4-9,13-15H,2-3,10-12H2,1H3;1-4,9-10H. The van der Waals surface area contributed by atoms with E-state index < -0.39 is 7.12 Å². The zero-order valence-corrected chi connectivity index (χ0v) is 20.6. The molecule has 1 aliphatic rings. The lowest BCUT2D eigenvalue weighted by molar-refractivity contribution is 0.266. The molecule has 0 radical (unpaired) electrons. The highest BCUT2D eigenvalue weighted by atomic mass is 35.5. The Labute approximate surface area is 210 Å². The van der Waals surface area contributed by atoms with Gasteiger partial charge in [0.15, 0.2) is 0 Å². The Morgan fingerprint density at radius 2 is 1.56 bits per heavy atom. The maximum Gasteiger partial charge on any atom is 0.488 e. The zero-order valence-electron chi connectivity index (χ0n) is 19.1. The van der Waals surface area contributed by atoms with Crippen LogP contribution in [0.4, 0.5) is 0 Å². The van der Waals surface area contributed by atoms with Gasteiger partial charge in [-0.15, -0.1) is 0 Å². The molecular weight excluding hydrogens is 468 g/mol. The molecule has 5 rings (SSSR count). The first-order chi connectivity index (χ1) is 16.4. The van der Waals surface area contributed by atoms with E-state index in [-0.39, 0.29) is 0 Å². The molecule has 2 N–H and O–H groups in total. The number of hydrogen-bond donors (Lipinski definition) is 2. The van der Waals surface area contributed by atoms with Gasteiger partial charge in [0.05, 0.1) is 0 Å². The van der Waals surface area contributed by atoms with Crippen LogP contribution in [0, 0.1) is 0 Å². The molecule has 0 spiro atoms. The Balaban J connectivity index is 0.000000231. The van der Waals surface area contributed by atoms with Crippen LogP contribution in [-0.4, -0.2) is 41.2 Å². The molecule has 2 heterocycles. The molecular formula is C27H28BCl2NO3. The minimum Gasteiger partial charge on any atom is -0.461 e. The summed E-state index contributed by atoms with van der Waals surface area (Å²) in [7, 11) is -1.41. The smallest absolute Gasteiger partial charge is 0.461 e. The van der Waals surface area contributed by atoms with Gasteiger partial charge in [-0.1, -0.05) is 53.5 Å². The molecule has 1 atom stereocenters. The van der Waals surface area contributed by atoms with Crippen molar-refractivity contribution < 1.29 is 14.5 Å². The molecule has 176 valence electrons. The summed E-state index contributed by atoms with van der Waals surface area (Å²) in [5.41, 5.74) is 3.79. The summed E-state index contributed by atoms with van der Waals surface area (Å²) in [5.74, 6) is 1.08. The summed E-state index contributed by atoms with van der Waals surface area (Å²) >= 11 is 11.5. The van der Waals surface area contributed by atoms with Gasteiger partial charge in [0, 0.05) is 34.4 Å². The van der Waals surface area contributed by atoms with Crippen LogP contribution in [0.25, 0.3) is 22.1 Å². The number of halogens is 2. The van der Waals surface area contributed by atoms with Gasteiger partial charge in [-0.25, -0.2) is 0 Å². The molecule has 1 aliphatic heterocycles. The van der Waals surface area contributed by atoms with E-state index >= 15 is 0 Å². The number of benzene rings is 3. The van der Waals surface area contributed by atoms with Gasteiger partial charge in [0.1, 0.15) is 11.3 Å². The van der Waals surface area contributed by atoms with Crippen molar-refractivity contribution in [1.29, 1.82) is 0 Å². The number of nitrogens with zero attached hydrogens (tertiary/aromatic N) is 1. The minimum absolute atomic E-state index is 0.449. The Morgan fingerprint density at radius 3 is 2.18 bits per heavy atom. The summed E-state index contributed by atoms with van der Waals surface area (Å²) in [6.07, 6.45) is 3.63. The summed E-state index contributed by atoms with van der Waals surface area (Å²) < 4.78 is 6.03. The topological polar surface area (TPSA) is 56.8 Å². The molecule has 4 aromatic rings. The van der Waals surface area contributed by atoms with Gasteiger partial charge in [-0.3, -0.25) is 0 Å². The number of furan rings is 1. The monoisotopic (exact) mass is 495 g/mol. The van der Waals surface area contributed by atoms with Gasteiger partial charge in [0.2, 0.25) is 0 Å². The molecule has 4 nitrogen and oxygen atoms in total. The third-order valence-corrected chi connectivity index (χ3v) is 6.75. The third-order valence-electron chi connectivity index (χ3n) is 6.25. The van der Waals surface area contributed by atoms with Gasteiger partial charge in [-0.2, -0.15) is 0 Å². The van der Waals surface area contributed by atoms with Crippen LogP contribution in [0.3, 0.4) is 0 Å². The van der Waals surface area contributed by atoms with Gasteiger partial charge in [-0.05, 0) is 85.4 Å². The van der Waals surface area contributed by atoms with Crippen molar-refractivity contribution >= 4 is 46.8 Å². The van der Waals surface area contributed by atoms with E-state index in [2.05, 4.69) is 48.2 Å². The largest absolute Gasteiger partial charge is 0.488 e. The van der Waals surface area contributed by atoms with E-state index in [1.807, 2.05) is 12.1 Å². The molecule has 1 fully saturated rings. The third kappa shape index (κ3) is 6.44. The van der Waals surface area contributed by atoms with Gasteiger partial charge < -0.3 is 19.4 Å². The van der Waals surface area contributed by atoms with Crippen LogP contribution < -0.4 is 5.46 Å². The molecule has 3 aromatic carbocycles. The lowest BCUT2D eigenvalue weighted by atomic mass is 9.81. The van der Waals surface area contributed by atoms with Crippen molar-refractivity contribution in [3.05, 3.63) is 88.6 Å². The van der Waals surface area contributed by atoms with Crippen molar-refractivity contribution in [1.82, 2.24) is 4.90 Å².